The van der Waals surface area contributed by atoms with Crippen molar-refractivity contribution in [1.82, 2.24) is 10.2 Å². The van der Waals surface area contributed by atoms with Crippen LogP contribution in [-0.4, -0.2) is 49.7 Å². The molecule has 0 amide bonds. The van der Waals surface area contributed by atoms with Gasteiger partial charge in [0.25, 0.3) is 0 Å². The Labute approximate surface area is 105 Å². The summed E-state index contributed by atoms with van der Waals surface area (Å²) in [5, 5.41) is 3.28. The highest BCUT2D eigenvalue weighted by molar-refractivity contribution is 5.75. The average molecular weight is 242 g/mol. The van der Waals surface area contributed by atoms with Gasteiger partial charge in [0.05, 0.1) is 6.61 Å². The Balaban J connectivity index is 2.25. The Morgan fingerprint density at radius 1 is 1.35 bits per heavy atom. The molecule has 1 aliphatic rings. The first-order chi connectivity index (χ1) is 8.15. The number of esters is 1. The summed E-state index contributed by atoms with van der Waals surface area (Å²) < 4.78 is 5.37. The Bertz CT molecular complexity index is 227. The minimum absolute atomic E-state index is 0.0742. The number of ether oxygens (including phenoxy) is 1. The zero-order valence-corrected chi connectivity index (χ0v) is 11.4. The normalized spacial score (nSPS) is 20.9. The second-order valence-electron chi connectivity index (χ2n) is 4.99. The van der Waals surface area contributed by atoms with Crippen molar-refractivity contribution in [2.45, 2.75) is 39.7 Å². The summed E-state index contributed by atoms with van der Waals surface area (Å²) in [6, 6.07) is -0.106. The Kier molecular flexibility index (Phi) is 6.52. The molecule has 1 aliphatic heterocycles. The molecule has 0 bridgehead atoms. The lowest BCUT2D eigenvalue weighted by molar-refractivity contribution is -0.151. The first kappa shape index (κ1) is 14.5. The Morgan fingerprint density at radius 3 is 2.59 bits per heavy atom. The molecule has 17 heavy (non-hydrogen) atoms. The maximum atomic E-state index is 11.9. The zero-order chi connectivity index (χ0) is 12.7. The van der Waals surface area contributed by atoms with E-state index in [0.29, 0.717) is 12.5 Å². The molecular formula is C13H26N2O2. The van der Waals surface area contributed by atoms with Crippen LogP contribution in [0.2, 0.25) is 0 Å². The van der Waals surface area contributed by atoms with Crippen molar-refractivity contribution < 1.29 is 9.53 Å². The summed E-state index contributed by atoms with van der Waals surface area (Å²) in [4.78, 5) is 14.1. The summed E-state index contributed by atoms with van der Waals surface area (Å²) in [6.45, 7) is 10.6. The van der Waals surface area contributed by atoms with E-state index in [1.807, 2.05) is 6.92 Å². The van der Waals surface area contributed by atoms with E-state index in [9.17, 15) is 4.79 Å². The minimum Gasteiger partial charge on any atom is -0.464 e. The molecule has 1 N–H and O–H groups in total. The van der Waals surface area contributed by atoms with E-state index in [4.69, 9.17) is 4.74 Å². The first-order valence-corrected chi connectivity index (χ1v) is 6.76. The minimum atomic E-state index is -0.106. The highest BCUT2D eigenvalue weighted by Gasteiger charge is 2.24. The first-order valence-electron chi connectivity index (χ1n) is 6.76. The van der Waals surface area contributed by atoms with Crippen molar-refractivity contribution in [2.75, 3.05) is 32.8 Å². The van der Waals surface area contributed by atoms with Crippen LogP contribution in [0.25, 0.3) is 0 Å². The number of piperazine rings is 1. The number of hydrogen-bond donors (Lipinski definition) is 1. The van der Waals surface area contributed by atoms with Crippen molar-refractivity contribution in [1.29, 1.82) is 0 Å². The third-order valence-electron chi connectivity index (χ3n) is 3.33. The molecular weight excluding hydrogens is 216 g/mol. The van der Waals surface area contributed by atoms with Gasteiger partial charge in [-0.05, 0) is 19.3 Å². The van der Waals surface area contributed by atoms with Gasteiger partial charge in [0.2, 0.25) is 0 Å². The van der Waals surface area contributed by atoms with Gasteiger partial charge in [-0.2, -0.15) is 0 Å². The van der Waals surface area contributed by atoms with Gasteiger partial charge >= 0.3 is 5.97 Å². The smallest absolute Gasteiger partial charge is 0.323 e. The average Bonchev–Trinajstić information content (AvgIpc) is 2.36. The molecule has 1 fully saturated rings. The van der Waals surface area contributed by atoms with E-state index in [0.717, 1.165) is 39.0 Å². The molecule has 4 nitrogen and oxygen atoms in total. The molecule has 0 spiro atoms. The van der Waals surface area contributed by atoms with Gasteiger partial charge in [-0.25, -0.2) is 0 Å². The fraction of sp³-hybridized carbons (Fsp3) is 0.923. The Hall–Kier alpha value is -0.610. The van der Waals surface area contributed by atoms with E-state index in [1.54, 1.807) is 0 Å². The summed E-state index contributed by atoms with van der Waals surface area (Å²) >= 11 is 0. The molecule has 0 aromatic heterocycles. The van der Waals surface area contributed by atoms with Crippen LogP contribution in [0, 0.1) is 5.92 Å². The Morgan fingerprint density at radius 2 is 2.00 bits per heavy atom. The molecule has 1 rings (SSSR count). The summed E-state index contributed by atoms with van der Waals surface area (Å²) in [7, 11) is 0. The highest BCUT2D eigenvalue weighted by atomic mass is 16.5. The predicted octanol–water partition coefficient (Wildman–Crippen LogP) is 1.26. The number of carbonyl (C=O) groups is 1. The van der Waals surface area contributed by atoms with E-state index >= 15 is 0 Å². The molecule has 0 aromatic rings. The van der Waals surface area contributed by atoms with Crippen molar-refractivity contribution in [3.63, 3.8) is 0 Å². The molecule has 4 heteroatoms. The van der Waals surface area contributed by atoms with Crippen LogP contribution in [0.4, 0.5) is 0 Å². The zero-order valence-electron chi connectivity index (χ0n) is 11.4. The topological polar surface area (TPSA) is 41.6 Å². The summed E-state index contributed by atoms with van der Waals surface area (Å²) in [5.41, 5.74) is 0. The monoisotopic (exact) mass is 242 g/mol. The fourth-order valence-corrected chi connectivity index (χ4v) is 2.14. The van der Waals surface area contributed by atoms with Crippen LogP contribution in [0.5, 0.6) is 0 Å². The van der Waals surface area contributed by atoms with Crippen LogP contribution in [0.3, 0.4) is 0 Å². The van der Waals surface area contributed by atoms with Gasteiger partial charge in [0.15, 0.2) is 0 Å². The molecule has 0 radical (unpaired) electrons. The van der Waals surface area contributed by atoms with Crippen LogP contribution in [0.15, 0.2) is 0 Å². The van der Waals surface area contributed by atoms with E-state index in [1.165, 1.54) is 0 Å². The molecule has 0 aliphatic carbocycles. The molecule has 0 saturated carbocycles. The van der Waals surface area contributed by atoms with E-state index in [2.05, 4.69) is 24.1 Å². The number of carbonyl (C=O) groups excluding carboxylic acids is 1. The molecule has 1 saturated heterocycles. The van der Waals surface area contributed by atoms with Gasteiger partial charge in [0, 0.05) is 26.2 Å². The van der Waals surface area contributed by atoms with Crippen molar-refractivity contribution in [3.05, 3.63) is 0 Å². The van der Waals surface area contributed by atoms with E-state index in [-0.39, 0.29) is 12.0 Å². The van der Waals surface area contributed by atoms with Crippen LogP contribution in [0.1, 0.15) is 33.6 Å². The molecule has 0 aromatic carbocycles. The van der Waals surface area contributed by atoms with Crippen molar-refractivity contribution in [2.24, 2.45) is 5.92 Å². The quantitative estimate of drug-likeness (QED) is 0.712. The number of hydrogen-bond acceptors (Lipinski definition) is 4. The molecule has 2 atom stereocenters. The van der Waals surface area contributed by atoms with Crippen LogP contribution < -0.4 is 5.32 Å². The molecule has 100 valence electrons. The van der Waals surface area contributed by atoms with Gasteiger partial charge < -0.3 is 10.1 Å². The summed E-state index contributed by atoms with van der Waals surface area (Å²) in [6.07, 6.45) is 2.27. The van der Waals surface area contributed by atoms with Crippen LogP contribution in [-0.2, 0) is 9.53 Å². The van der Waals surface area contributed by atoms with Gasteiger partial charge in [-0.1, -0.05) is 20.3 Å². The SMILES string of the molecule is CCCC(C)COC(=O)C(C)N1CCNCC1. The predicted molar refractivity (Wildman–Crippen MR) is 68.9 cm³/mol. The lowest BCUT2D eigenvalue weighted by Crippen LogP contribution is -2.50. The molecule has 1 heterocycles. The highest BCUT2D eigenvalue weighted by Crippen LogP contribution is 2.08. The lowest BCUT2D eigenvalue weighted by Gasteiger charge is -2.31. The third-order valence-corrected chi connectivity index (χ3v) is 3.33. The standard InChI is InChI=1S/C13H26N2O2/c1-4-5-11(2)10-17-13(16)12(3)15-8-6-14-7-9-15/h11-12,14H,4-10H2,1-3H3. The lowest BCUT2D eigenvalue weighted by atomic mass is 10.1. The number of nitrogens with zero attached hydrogens (tertiary/aromatic N) is 1. The molecule has 2 unspecified atom stereocenters. The number of rotatable bonds is 6. The van der Waals surface area contributed by atoms with E-state index < -0.39 is 0 Å². The number of nitrogens with one attached hydrogen (secondary N) is 1. The van der Waals surface area contributed by atoms with Crippen molar-refractivity contribution in [3.8, 4) is 0 Å². The second kappa shape index (κ2) is 7.67. The van der Waals surface area contributed by atoms with Gasteiger partial charge in [-0.15, -0.1) is 0 Å². The maximum absolute atomic E-state index is 11.9. The second-order valence-corrected chi connectivity index (χ2v) is 4.99. The van der Waals surface area contributed by atoms with Gasteiger partial charge in [0.1, 0.15) is 6.04 Å². The third kappa shape index (κ3) is 5.04. The summed E-state index contributed by atoms with van der Waals surface area (Å²) in [5.74, 6) is 0.397. The fourth-order valence-electron chi connectivity index (χ4n) is 2.14. The van der Waals surface area contributed by atoms with Gasteiger partial charge in [-0.3, -0.25) is 9.69 Å². The maximum Gasteiger partial charge on any atom is 0.323 e. The van der Waals surface area contributed by atoms with Crippen LogP contribution >= 0.6 is 0 Å². The largest absolute Gasteiger partial charge is 0.464 e. The van der Waals surface area contributed by atoms with Crippen molar-refractivity contribution >= 4 is 5.97 Å².